The molecule has 2 heteroatoms. The molecular weight excluding hydrogens is 322 g/mol. The minimum Gasteiger partial charge on any atom is -0.205 e. The van der Waals surface area contributed by atoms with E-state index in [-0.39, 0.29) is 0 Å². The molecule has 0 atom stereocenters. The van der Waals surface area contributed by atoms with Gasteiger partial charge in [-0.15, -0.1) is 11.3 Å². The molecule has 0 saturated heterocycles. The minimum absolute atomic E-state index is 1.11. The molecule has 0 radical (unpaired) electrons. The van der Waals surface area contributed by atoms with Gasteiger partial charge in [-0.25, -0.2) is 4.57 Å². The third kappa shape index (κ3) is 5.27. The van der Waals surface area contributed by atoms with Crippen LogP contribution in [0.4, 0.5) is 0 Å². The molecule has 0 N–H and O–H groups in total. The molecule has 25 heavy (non-hydrogen) atoms. The standard InChI is InChI=1S/C23H28NS/c1-19-17-22(20(2)25-19)13-6-3-4-9-15-24-16-10-14-23(18-24)21-11-7-5-8-12-21/h5,7-8,10-12,14,16-18H,3-4,6,9,13,15H2,1-2H3/q+1. The smallest absolute Gasteiger partial charge is 0.176 e. The van der Waals surface area contributed by atoms with Gasteiger partial charge in [-0.2, -0.15) is 0 Å². The van der Waals surface area contributed by atoms with Gasteiger partial charge in [0.15, 0.2) is 12.4 Å². The van der Waals surface area contributed by atoms with Gasteiger partial charge in [0.05, 0.1) is 0 Å². The van der Waals surface area contributed by atoms with Gasteiger partial charge in [-0.3, -0.25) is 0 Å². The summed E-state index contributed by atoms with van der Waals surface area (Å²) in [6, 6.07) is 17.3. The first-order chi connectivity index (χ1) is 12.2. The summed E-state index contributed by atoms with van der Waals surface area (Å²) in [4.78, 5) is 2.95. The van der Waals surface area contributed by atoms with E-state index in [4.69, 9.17) is 0 Å². The lowest BCUT2D eigenvalue weighted by Gasteiger charge is -2.03. The van der Waals surface area contributed by atoms with E-state index in [1.54, 1.807) is 5.56 Å². The van der Waals surface area contributed by atoms with Gasteiger partial charge >= 0.3 is 0 Å². The fourth-order valence-corrected chi connectivity index (χ4v) is 4.33. The maximum atomic E-state index is 2.37. The van der Waals surface area contributed by atoms with E-state index in [1.807, 2.05) is 11.3 Å². The van der Waals surface area contributed by atoms with E-state index >= 15 is 0 Å². The second-order valence-electron chi connectivity index (χ2n) is 6.80. The molecular formula is C23H28NS+. The van der Waals surface area contributed by atoms with Crippen LogP contribution in [0.1, 0.15) is 41.0 Å². The second kappa shape index (κ2) is 8.96. The summed E-state index contributed by atoms with van der Waals surface area (Å²) in [5.41, 5.74) is 4.15. The number of benzene rings is 1. The average molecular weight is 351 g/mol. The highest BCUT2D eigenvalue weighted by Gasteiger charge is 2.05. The van der Waals surface area contributed by atoms with Crippen LogP contribution in [0.25, 0.3) is 11.1 Å². The Labute approximate surface area is 156 Å². The lowest BCUT2D eigenvalue weighted by atomic mass is 10.1. The first-order valence-corrected chi connectivity index (χ1v) is 10.1. The van der Waals surface area contributed by atoms with Crippen molar-refractivity contribution in [2.75, 3.05) is 0 Å². The van der Waals surface area contributed by atoms with Crippen LogP contribution in [-0.2, 0) is 13.0 Å². The highest BCUT2D eigenvalue weighted by Crippen LogP contribution is 2.22. The van der Waals surface area contributed by atoms with Crippen LogP contribution >= 0.6 is 11.3 Å². The van der Waals surface area contributed by atoms with Gasteiger partial charge in [0, 0.05) is 27.8 Å². The average Bonchev–Trinajstić information content (AvgIpc) is 2.96. The molecule has 130 valence electrons. The summed E-state index contributed by atoms with van der Waals surface area (Å²) in [7, 11) is 0. The van der Waals surface area contributed by atoms with Crippen LogP contribution in [0.15, 0.2) is 60.9 Å². The highest BCUT2D eigenvalue weighted by atomic mass is 32.1. The van der Waals surface area contributed by atoms with Crippen LogP contribution in [0, 0.1) is 13.8 Å². The lowest BCUT2D eigenvalue weighted by molar-refractivity contribution is -0.696. The van der Waals surface area contributed by atoms with Crippen molar-refractivity contribution in [1.29, 1.82) is 0 Å². The Bertz CT molecular complexity index is 789. The molecule has 0 aliphatic rings. The Kier molecular flexibility index (Phi) is 6.41. The molecule has 0 unspecified atom stereocenters. The Morgan fingerprint density at radius 3 is 2.36 bits per heavy atom. The molecule has 3 rings (SSSR count). The van der Waals surface area contributed by atoms with Crippen molar-refractivity contribution < 1.29 is 4.57 Å². The topological polar surface area (TPSA) is 3.88 Å². The quantitative estimate of drug-likeness (QED) is 0.340. The molecule has 0 aliphatic carbocycles. The van der Waals surface area contributed by atoms with Gasteiger partial charge in [0.25, 0.3) is 0 Å². The van der Waals surface area contributed by atoms with Crippen LogP contribution in [0.2, 0.25) is 0 Å². The molecule has 1 nitrogen and oxygen atoms in total. The molecule has 0 saturated carbocycles. The number of pyridine rings is 1. The van der Waals surface area contributed by atoms with Gasteiger partial charge in [-0.05, 0) is 56.4 Å². The van der Waals surface area contributed by atoms with Crippen molar-refractivity contribution in [3.8, 4) is 11.1 Å². The van der Waals surface area contributed by atoms with E-state index < -0.39 is 0 Å². The Morgan fingerprint density at radius 2 is 1.60 bits per heavy atom. The maximum Gasteiger partial charge on any atom is 0.176 e. The van der Waals surface area contributed by atoms with Crippen molar-refractivity contribution in [1.82, 2.24) is 0 Å². The summed E-state index contributed by atoms with van der Waals surface area (Å²) in [6.45, 7) is 5.57. The number of aryl methyl sites for hydroxylation is 4. The van der Waals surface area contributed by atoms with Crippen LogP contribution in [-0.4, -0.2) is 0 Å². The molecule has 0 bridgehead atoms. The minimum atomic E-state index is 1.11. The molecule has 2 aromatic heterocycles. The van der Waals surface area contributed by atoms with Gasteiger partial charge in [-0.1, -0.05) is 36.8 Å². The third-order valence-corrected chi connectivity index (χ3v) is 5.73. The van der Waals surface area contributed by atoms with E-state index in [9.17, 15) is 0 Å². The van der Waals surface area contributed by atoms with Crippen molar-refractivity contribution in [2.45, 2.75) is 52.5 Å². The molecule has 0 amide bonds. The van der Waals surface area contributed by atoms with Crippen molar-refractivity contribution >= 4 is 11.3 Å². The number of rotatable bonds is 8. The van der Waals surface area contributed by atoms with E-state index in [2.05, 4.69) is 79.3 Å². The van der Waals surface area contributed by atoms with E-state index in [0.717, 1.165) is 6.54 Å². The summed E-state index contributed by atoms with van der Waals surface area (Å²) >= 11 is 1.93. The molecule has 0 fully saturated rings. The van der Waals surface area contributed by atoms with Crippen molar-refractivity contribution in [2.24, 2.45) is 0 Å². The molecule has 0 aliphatic heterocycles. The lowest BCUT2D eigenvalue weighted by Crippen LogP contribution is -2.32. The fraction of sp³-hybridized carbons (Fsp3) is 0.348. The SMILES string of the molecule is Cc1cc(CCCCCC[n+]2cccc(-c3ccccc3)c2)c(C)s1. The van der Waals surface area contributed by atoms with Crippen LogP contribution in [0.3, 0.4) is 0 Å². The summed E-state index contributed by atoms with van der Waals surface area (Å²) in [5, 5.41) is 0. The summed E-state index contributed by atoms with van der Waals surface area (Å²) in [5.74, 6) is 0. The highest BCUT2D eigenvalue weighted by molar-refractivity contribution is 7.12. The van der Waals surface area contributed by atoms with Crippen LogP contribution in [0.5, 0.6) is 0 Å². The Morgan fingerprint density at radius 1 is 0.840 bits per heavy atom. The predicted molar refractivity (Wildman–Crippen MR) is 108 cm³/mol. The second-order valence-corrected chi connectivity index (χ2v) is 8.26. The maximum absolute atomic E-state index is 2.37. The number of nitrogens with zero attached hydrogens (tertiary/aromatic N) is 1. The zero-order valence-corrected chi connectivity index (χ0v) is 16.2. The molecule has 1 aromatic carbocycles. The van der Waals surface area contributed by atoms with Gasteiger partial charge in [0.2, 0.25) is 0 Å². The third-order valence-electron chi connectivity index (χ3n) is 4.72. The normalized spacial score (nSPS) is 11.0. The zero-order valence-electron chi connectivity index (χ0n) is 15.4. The first-order valence-electron chi connectivity index (χ1n) is 9.33. The fourth-order valence-electron chi connectivity index (χ4n) is 3.36. The zero-order chi connectivity index (χ0) is 17.5. The number of hydrogen-bond acceptors (Lipinski definition) is 1. The van der Waals surface area contributed by atoms with E-state index in [1.165, 1.54) is 53.0 Å². The number of unbranched alkanes of at least 4 members (excludes halogenated alkanes) is 3. The number of thiophene rings is 1. The monoisotopic (exact) mass is 350 g/mol. The first kappa shape index (κ1) is 17.9. The van der Waals surface area contributed by atoms with Gasteiger partial charge < -0.3 is 0 Å². The Hall–Kier alpha value is -1.93. The Balaban J connectivity index is 1.41. The molecule has 2 heterocycles. The number of hydrogen-bond donors (Lipinski definition) is 0. The largest absolute Gasteiger partial charge is 0.205 e. The number of aromatic nitrogens is 1. The van der Waals surface area contributed by atoms with Crippen molar-refractivity contribution in [3.05, 3.63) is 76.2 Å². The van der Waals surface area contributed by atoms with Crippen molar-refractivity contribution in [3.63, 3.8) is 0 Å². The summed E-state index contributed by atoms with van der Waals surface area (Å²) < 4.78 is 2.33. The predicted octanol–water partition coefficient (Wildman–Crippen LogP) is 6.12. The summed E-state index contributed by atoms with van der Waals surface area (Å²) in [6.07, 6.45) is 10.9. The van der Waals surface area contributed by atoms with Gasteiger partial charge in [0.1, 0.15) is 6.54 Å². The van der Waals surface area contributed by atoms with E-state index in [0.29, 0.717) is 0 Å². The molecule has 0 spiro atoms. The van der Waals surface area contributed by atoms with Crippen LogP contribution < -0.4 is 4.57 Å². The molecule has 3 aromatic rings.